The van der Waals surface area contributed by atoms with Crippen molar-refractivity contribution < 1.29 is 20.0 Å². The van der Waals surface area contributed by atoms with Gasteiger partial charge in [-0.05, 0) is 6.92 Å². The van der Waals surface area contributed by atoms with Crippen molar-refractivity contribution in [3.05, 3.63) is 25.3 Å². The Morgan fingerprint density at radius 3 is 1.92 bits per heavy atom. The molecule has 0 bridgehead atoms. The molecule has 0 aromatic heterocycles. The van der Waals surface area contributed by atoms with Crippen molar-refractivity contribution >= 4 is 0 Å². The highest BCUT2D eigenvalue weighted by Gasteiger charge is 1.89. The second-order valence-corrected chi connectivity index (χ2v) is 2.26. The molecule has 78 valence electrons. The second-order valence-electron chi connectivity index (χ2n) is 2.26. The molecule has 4 heteroatoms. The Bertz CT molecular complexity index is 104. The summed E-state index contributed by atoms with van der Waals surface area (Å²) in [6.45, 7) is 9.69. The first-order valence-corrected chi connectivity index (χ1v) is 3.93. The second kappa shape index (κ2) is 13.9. The van der Waals surface area contributed by atoms with E-state index in [0.29, 0.717) is 13.2 Å². The lowest BCUT2D eigenvalue weighted by Crippen LogP contribution is -2.07. The van der Waals surface area contributed by atoms with Crippen LogP contribution in [0.25, 0.3) is 0 Å². The Balaban J connectivity index is 0. The molecule has 0 amide bonds. The molecule has 0 aliphatic carbocycles. The van der Waals surface area contributed by atoms with E-state index < -0.39 is 6.10 Å². The van der Waals surface area contributed by atoms with Crippen LogP contribution in [0.1, 0.15) is 6.92 Å². The number of hydrogen-bond acceptors (Lipinski definition) is 4. The summed E-state index contributed by atoms with van der Waals surface area (Å²) in [6.07, 6.45) is 2.85. The van der Waals surface area contributed by atoms with E-state index in [1.807, 2.05) is 0 Å². The van der Waals surface area contributed by atoms with Gasteiger partial charge in [-0.25, -0.2) is 4.89 Å². The summed E-state index contributed by atoms with van der Waals surface area (Å²) in [4.78, 5) is 3.55. The first-order valence-electron chi connectivity index (χ1n) is 3.93. The third kappa shape index (κ3) is 24.6. The van der Waals surface area contributed by atoms with Crippen LogP contribution in [0.5, 0.6) is 0 Å². The van der Waals surface area contributed by atoms with Crippen LogP contribution in [0.2, 0.25) is 0 Å². The summed E-state index contributed by atoms with van der Waals surface area (Å²) in [7, 11) is 0. The van der Waals surface area contributed by atoms with Crippen LogP contribution < -0.4 is 0 Å². The molecule has 0 aromatic rings. The minimum absolute atomic E-state index is 0.0139. The van der Waals surface area contributed by atoms with Crippen LogP contribution in [0.4, 0.5) is 0 Å². The normalized spacial score (nSPS) is 11.0. The van der Waals surface area contributed by atoms with Gasteiger partial charge < -0.3 is 9.84 Å². The zero-order valence-corrected chi connectivity index (χ0v) is 7.98. The Hall–Kier alpha value is -0.680. The number of rotatable bonds is 6. The smallest absolute Gasteiger partial charge is 0.108 e. The van der Waals surface area contributed by atoms with Crippen molar-refractivity contribution in [1.29, 1.82) is 0 Å². The van der Waals surface area contributed by atoms with Crippen LogP contribution >= 0.6 is 0 Å². The van der Waals surface area contributed by atoms with Gasteiger partial charge in [-0.2, -0.15) is 0 Å². The maximum Gasteiger partial charge on any atom is 0.108 e. The Morgan fingerprint density at radius 1 is 1.31 bits per heavy atom. The Kier molecular flexibility index (Phi) is 15.8. The van der Waals surface area contributed by atoms with Crippen LogP contribution in [-0.2, 0) is 9.62 Å². The summed E-state index contributed by atoms with van der Waals surface area (Å²) >= 11 is 0. The van der Waals surface area contributed by atoms with Gasteiger partial charge in [-0.1, -0.05) is 12.2 Å². The fraction of sp³-hybridized carbons (Fsp3) is 0.556. The first kappa shape index (κ1) is 14.8. The highest BCUT2D eigenvalue weighted by Crippen LogP contribution is 1.75. The summed E-state index contributed by atoms with van der Waals surface area (Å²) in [5, 5.41) is 15.8. The SMILES string of the molecule is C=CCOCC=C.CC(O)COO. The first-order chi connectivity index (χ1) is 6.18. The molecular formula is C9H18O4. The lowest BCUT2D eigenvalue weighted by Gasteiger charge is -1.95. The number of aliphatic hydroxyl groups is 1. The Labute approximate surface area is 79.0 Å². The van der Waals surface area contributed by atoms with Crippen molar-refractivity contribution in [3.8, 4) is 0 Å². The molecule has 13 heavy (non-hydrogen) atoms. The van der Waals surface area contributed by atoms with E-state index in [4.69, 9.17) is 15.1 Å². The highest BCUT2D eigenvalue weighted by atomic mass is 17.1. The molecule has 4 nitrogen and oxygen atoms in total. The van der Waals surface area contributed by atoms with E-state index in [9.17, 15) is 0 Å². The van der Waals surface area contributed by atoms with Crippen molar-refractivity contribution in [3.63, 3.8) is 0 Å². The van der Waals surface area contributed by atoms with Gasteiger partial charge in [-0.15, -0.1) is 13.2 Å². The van der Waals surface area contributed by atoms with Gasteiger partial charge in [0.15, 0.2) is 0 Å². The maximum atomic E-state index is 8.27. The van der Waals surface area contributed by atoms with E-state index in [1.165, 1.54) is 6.92 Å². The van der Waals surface area contributed by atoms with E-state index in [2.05, 4.69) is 18.0 Å². The summed E-state index contributed by atoms with van der Waals surface area (Å²) < 4.78 is 4.90. The third-order valence-electron chi connectivity index (χ3n) is 0.787. The molecule has 0 aliphatic heterocycles. The van der Waals surface area contributed by atoms with Crippen molar-refractivity contribution in [1.82, 2.24) is 0 Å². The number of hydrogen-bond donors (Lipinski definition) is 2. The molecule has 0 radical (unpaired) electrons. The monoisotopic (exact) mass is 190 g/mol. The molecule has 0 spiro atoms. The minimum atomic E-state index is -0.574. The van der Waals surface area contributed by atoms with Crippen molar-refractivity contribution in [2.45, 2.75) is 13.0 Å². The van der Waals surface area contributed by atoms with Gasteiger partial charge in [0, 0.05) is 0 Å². The van der Waals surface area contributed by atoms with E-state index >= 15 is 0 Å². The zero-order valence-electron chi connectivity index (χ0n) is 7.98. The maximum absolute atomic E-state index is 8.27. The van der Waals surface area contributed by atoms with Crippen molar-refractivity contribution in [2.24, 2.45) is 0 Å². The predicted octanol–water partition coefficient (Wildman–Crippen LogP) is 1.23. The predicted molar refractivity (Wildman–Crippen MR) is 51.5 cm³/mol. The zero-order chi connectivity index (χ0) is 10.5. The van der Waals surface area contributed by atoms with Gasteiger partial charge in [-0.3, -0.25) is 5.26 Å². The molecule has 0 rings (SSSR count). The van der Waals surface area contributed by atoms with Crippen LogP contribution in [0.3, 0.4) is 0 Å². The van der Waals surface area contributed by atoms with Gasteiger partial charge in [0.25, 0.3) is 0 Å². The molecule has 1 unspecified atom stereocenters. The molecule has 0 aromatic carbocycles. The van der Waals surface area contributed by atoms with Crippen LogP contribution in [0.15, 0.2) is 25.3 Å². The molecule has 2 N–H and O–H groups in total. The lowest BCUT2D eigenvalue weighted by molar-refractivity contribution is -0.255. The van der Waals surface area contributed by atoms with Gasteiger partial charge in [0.05, 0.1) is 19.3 Å². The molecule has 0 saturated heterocycles. The lowest BCUT2D eigenvalue weighted by atomic mass is 10.5. The summed E-state index contributed by atoms with van der Waals surface area (Å²) in [5.74, 6) is 0. The molecule has 0 fully saturated rings. The molecule has 0 heterocycles. The number of ether oxygens (including phenoxy) is 1. The topological polar surface area (TPSA) is 58.9 Å². The quantitative estimate of drug-likeness (QED) is 0.286. The fourth-order valence-corrected chi connectivity index (χ4v) is 0.343. The molecule has 1 atom stereocenters. The summed E-state index contributed by atoms with van der Waals surface area (Å²) in [6, 6.07) is 0. The Morgan fingerprint density at radius 2 is 1.77 bits per heavy atom. The van der Waals surface area contributed by atoms with Gasteiger partial charge >= 0.3 is 0 Å². The van der Waals surface area contributed by atoms with Gasteiger partial charge in [0.1, 0.15) is 6.61 Å². The third-order valence-corrected chi connectivity index (χ3v) is 0.787. The van der Waals surface area contributed by atoms with E-state index in [1.54, 1.807) is 12.2 Å². The van der Waals surface area contributed by atoms with Gasteiger partial charge in [0.2, 0.25) is 0 Å². The average Bonchev–Trinajstić information content (AvgIpc) is 2.06. The van der Waals surface area contributed by atoms with Crippen molar-refractivity contribution in [2.75, 3.05) is 19.8 Å². The van der Waals surface area contributed by atoms with E-state index in [0.717, 1.165) is 0 Å². The fourth-order valence-electron chi connectivity index (χ4n) is 0.343. The minimum Gasteiger partial charge on any atom is -0.391 e. The molecule has 0 saturated carbocycles. The molecular weight excluding hydrogens is 172 g/mol. The number of aliphatic hydroxyl groups excluding tert-OH is 1. The largest absolute Gasteiger partial charge is 0.391 e. The van der Waals surface area contributed by atoms with Crippen LogP contribution in [0, 0.1) is 0 Å². The standard InChI is InChI=1S/C6H10O.C3H8O3/c1-3-5-7-6-4-2;1-3(4)2-6-5/h3-4H,1-2,5-6H2;3-5H,2H2,1H3. The van der Waals surface area contributed by atoms with Crippen LogP contribution in [-0.4, -0.2) is 36.3 Å². The average molecular weight is 190 g/mol. The highest BCUT2D eigenvalue weighted by molar-refractivity contribution is 4.68. The summed E-state index contributed by atoms with van der Waals surface area (Å²) in [5.41, 5.74) is 0. The molecule has 0 aliphatic rings. The van der Waals surface area contributed by atoms with E-state index in [-0.39, 0.29) is 6.61 Å².